The van der Waals surface area contributed by atoms with Gasteiger partial charge in [0.15, 0.2) is 6.04 Å². The maximum Gasteiger partial charge on any atom is 0.416 e. The molecule has 0 aliphatic heterocycles. The molecule has 0 radical (unpaired) electrons. The number of hydrogen-bond donors (Lipinski definition) is 1. The van der Waals surface area contributed by atoms with Crippen molar-refractivity contribution in [2.75, 3.05) is 0 Å². The van der Waals surface area contributed by atoms with Gasteiger partial charge in [-0.2, -0.15) is 26.3 Å². The lowest BCUT2D eigenvalue weighted by Gasteiger charge is -2.22. The van der Waals surface area contributed by atoms with Gasteiger partial charge >= 0.3 is 12.4 Å². The Morgan fingerprint density at radius 3 is 2.25 bits per heavy atom. The van der Waals surface area contributed by atoms with Crippen molar-refractivity contribution in [2.24, 2.45) is 0 Å². The van der Waals surface area contributed by atoms with E-state index in [2.05, 4.69) is 9.97 Å². The third-order valence-electron chi connectivity index (χ3n) is 4.24. The molecular formula is C21H15F6N3O2. The monoisotopic (exact) mass is 455 g/mol. The quantitative estimate of drug-likeness (QED) is 0.525. The van der Waals surface area contributed by atoms with Gasteiger partial charge < -0.3 is 10.1 Å². The Morgan fingerprint density at radius 1 is 0.938 bits per heavy atom. The lowest BCUT2D eigenvalue weighted by atomic mass is 10.0. The van der Waals surface area contributed by atoms with E-state index < -0.39 is 41.1 Å². The highest BCUT2D eigenvalue weighted by molar-refractivity contribution is 5.92. The maximum absolute atomic E-state index is 13.5. The van der Waals surface area contributed by atoms with Gasteiger partial charge in [-0.3, -0.25) is 4.79 Å². The Hall–Kier alpha value is -3.63. The van der Waals surface area contributed by atoms with E-state index >= 15 is 0 Å². The molecule has 168 valence electrons. The summed E-state index contributed by atoms with van der Waals surface area (Å²) >= 11 is 0. The molecule has 3 rings (SSSR count). The minimum absolute atomic E-state index is 0.0376. The summed E-state index contributed by atoms with van der Waals surface area (Å²) in [7, 11) is 0. The SMILES string of the molecule is O=C(NC(c1cccc(C(F)(F)F)c1)C(F)(F)F)c1cnc(OCc2ccccc2)cn1. The summed E-state index contributed by atoms with van der Waals surface area (Å²) < 4.78 is 84.4. The number of hydrogen-bond acceptors (Lipinski definition) is 4. The molecule has 0 spiro atoms. The topological polar surface area (TPSA) is 64.1 Å². The van der Waals surface area contributed by atoms with Gasteiger partial charge in [0, 0.05) is 0 Å². The van der Waals surface area contributed by atoms with Crippen LogP contribution < -0.4 is 10.1 Å². The Morgan fingerprint density at radius 2 is 1.66 bits per heavy atom. The normalized spacial score (nSPS) is 12.8. The van der Waals surface area contributed by atoms with E-state index in [0.717, 1.165) is 30.1 Å². The van der Waals surface area contributed by atoms with Crippen LogP contribution in [-0.4, -0.2) is 22.1 Å². The second-order valence-electron chi connectivity index (χ2n) is 6.59. The van der Waals surface area contributed by atoms with E-state index in [0.29, 0.717) is 12.1 Å². The maximum atomic E-state index is 13.5. The van der Waals surface area contributed by atoms with Gasteiger partial charge in [0.1, 0.15) is 12.3 Å². The van der Waals surface area contributed by atoms with Crippen LogP contribution in [0, 0.1) is 0 Å². The fourth-order valence-corrected chi connectivity index (χ4v) is 2.69. The van der Waals surface area contributed by atoms with E-state index in [-0.39, 0.29) is 12.5 Å². The summed E-state index contributed by atoms with van der Waals surface area (Å²) in [6, 6.07) is 9.03. The predicted molar refractivity (Wildman–Crippen MR) is 101 cm³/mol. The van der Waals surface area contributed by atoms with Crippen molar-refractivity contribution in [3.8, 4) is 5.88 Å². The zero-order valence-corrected chi connectivity index (χ0v) is 16.1. The molecule has 11 heteroatoms. The molecule has 3 aromatic rings. The summed E-state index contributed by atoms with van der Waals surface area (Å²) in [6.45, 7) is 0.159. The Kier molecular flexibility index (Phi) is 6.66. The van der Waals surface area contributed by atoms with Crippen LogP contribution in [0.25, 0.3) is 0 Å². The predicted octanol–water partition coefficient (Wildman–Crippen LogP) is 5.11. The average Bonchev–Trinajstić information content (AvgIpc) is 2.75. The van der Waals surface area contributed by atoms with E-state index in [1.165, 1.54) is 0 Å². The van der Waals surface area contributed by atoms with Crippen LogP contribution in [0.3, 0.4) is 0 Å². The van der Waals surface area contributed by atoms with Gasteiger partial charge in [-0.05, 0) is 23.3 Å². The third kappa shape index (κ3) is 5.96. The first-order valence-electron chi connectivity index (χ1n) is 9.07. The van der Waals surface area contributed by atoms with Crippen molar-refractivity contribution in [2.45, 2.75) is 25.0 Å². The first-order chi connectivity index (χ1) is 15.0. The molecule has 0 bridgehead atoms. The fraction of sp³-hybridized carbons (Fsp3) is 0.190. The van der Waals surface area contributed by atoms with Gasteiger partial charge in [-0.1, -0.05) is 42.5 Å². The summed E-state index contributed by atoms with van der Waals surface area (Å²) in [5.74, 6) is -1.22. The first kappa shape index (κ1) is 23.0. The van der Waals surface area contributed by atoms with E-state index in [1.807, 2.05) is 6.07 Å². The summed E-state index contributed by atoms with van der Waals surface area (Å²) in [4.78, 5) is 19.8. The second kappa shape index (κ2) is 9.25. The Labute approximate surface area is 178 Å². The number of carbonyl (C=O) groups is 1. The molecule has 1 unspecified atom stereocenters. The highest BCUT2D eigenvalue weighted by atomic mass is 19.4. The number of alkyl halides is 6. The number of amides is 1. The number of rotatable bonds is 6. The Balaban J connectivity index is 1.73. The number of carbonyl (C=O) groups excluding carboxylic acids is 1. The van der Waals surface area contributed by atoms with Crippen LogP contribution in [0.15, 0.2) is 67.0 Å². The van der Waals surface area contributed by atoms with Crippen molar-refractivity contribution in [1.29, 1.82) is 0 Å². The van der Waals surface area contributed by atoms with Gasteiger partial charge in [0.25, 0.3) is 5.91 Å². The van der Waals surface area contributed by atoms with Crippen molar-refractivity contribution < 1.29 is 35.9 Å². The smallest absolute Gasteiger partial charge is 0.416 e. The van der Waals surface area contributed by atoms with Crippen molar-refractivity contribution in [1.82, 2.24) is 15.3 Å². The first-order valence-corrected chi connectivity index (χ1v) is 9.07. The Bertz CT molecular complexity index is 1050. The number of nitrogens with zero attached hydrogens (tertiary/aromatic N) is 2. The van der Waals surface area contributed by atoms with Gasteiger partial charge in [0.2, 0.25) is 5.88 Å². The third-order valence-corrected chi connectivity index (χ3v) is 4.24. The molecular weight excluding hydrogens is 440 g/mol. The van der Waals surface area contributed by atoms with Crippen molar-refractivity contribution in [3.63, 3.8) is 0 Å². The zero-order chi connectivity index (χ0) is 23.4. The highest BCUT2D eigenvalue weighted by Crippen LogP contribution is 2.36. The summed E-state index contributed by atoms with van der Waals surface area (Å²) in [5.41, 5.74) is -1.65. The molecule has 0 fully saturated rings. The molecule has 5 nitrogen and oxygen atoms in total. The summed E-state index contributed by atoms with van der Waals surface area (Å²) in [6.07, 6.45) is -7.91. The zero-order valence-electron chi connectivity index (χ0n) is 16.1. The molecule has 0 saturated heterocycles. The number of halogens is 6. The molecule has 1 amide bonds. The van der Waals surface area contributed by atoms with Crippen LogP contribution in [0.1, 0.15) is 33.2 Å². The van der Waals surface area contributed by atoms with Crippen molar-refractivity contribution in [3.05, 3.63) is 89.4 Å². The van der Waals surface area contributed by atoms with Crippen LogP contribution in [0.4, 0.5) is 26.3 Å². The fourth-order valence-electron chi connectivity index (χ4n) is 2.69. The summed E-state index contributed by atoms with van der Waals surface area (Å²) in [5, 5.41) is 1.67. The standard InChI is InChI=1S/C21H15F6N3O2/c22-20(23,24)15-8-4-7-14(9-15)18(21(25,26)27)30-19(31)16-10-29-17(11-28-16)32-12-13-5-2-1-3-6-13/h1-11,18H,12H2,(H,30,31). The number of nitrogens with one attached hydrogen (secondary N) is 1. The number of benzene rings is 2. The largest absolute Gasteiger partial charge is 0.472 e. The van der Waals surface area contributed by atoms with Gasteiger partial charge in [-0.25, -0.2) is 9.97 Å². The van der Waals surface area contributed by atoms with E-state index in [9.17, 15) is 31.1 Å². The second-order valence-corrected chi connectivity index (χ2v) is 6.59. The van der Waals surface area contributed by atoms with Gasteiger partial charge in [0.05, 0.1) is 18.0 Å². The van der Waals surface area contributed by atoms with Crippen LogP contribution in [0.5, 0.6) is 5.88 Å². The van der Waals surface area contributed by atoms with Crippen LogP contribution in [-0.2, 0) is 12.8 Å². The molecule has 2 aromatic carbocycles. The molecule has 0 aliphatic rings. The molecule has 32 heavy (non-hydrogen) atoms. The van der Waals surface area contributed by atoms with Crippen LogP contribution >= 0.6 is 0 Å². The van der Waals surface area contributed by atoms with Crippen LogP contribution in [0.2, 0.25) is 0 Å². The number of ether oxygens (including phenoxy) is 1. The average molecular weight is 455 g/mol. The lowest BCUT2D eigenvalue weighted by Crippen LogP contribution is -2.38. The van der Waals surface area contributed by atoms with E-state index in [1.54, 1.807) is 29.6 Å². The molecule has 0 saturated carbocycles. The minimum Gasteiger partial charge on any atom is -0.472 e. The molecule has 1 aromatic heterocycles. The lowest BCUT2D eigenvalue weighted by molar-refractivity contribution is -0.156. The highest BCUT2D eigenvalue weighted by Gasteiger charge is 2.43. The minimum atomic E-state index is -5.05. The molecule has 0 aliphatic carbocycles. The molecule has 1 heterocycles. The molecule has 1 N–H and O–H groups in total. The molecule has 1 atom stereocenters. The van der Waals surface area contributed by atoms with Crippen molar-refractivity contribution >= 4 is 5.91 Å². The van der Waals surface area contributed by atoms with E-state index in [4.69, 9.17) is 4.74 Å². The van der Waals surface area contributed by atoms with Gasteiger partial charge in [-0.15, -0.1) is 0 Å². The number of aromatic nitrogens is 2.